The van der Waals surface area contributed by atoms with E-state index in [1.165, 1.54) is 24.3 Å². The minimum atomic E-state index is -1.27. The molecule has 0 fully saturated rings. The summed E-state index contributed by atoms with van der Waals surface area (Å²) < 4.78 is 17.1. The third-order valence-corrected chi connectivity index (χ3v) is 7.47. The summed E-state index contributed by atoms with van der Waals surface area (Å²) in [5, 5.41) is 19.5. The molecular weight excluding hydrogens is 588 g/mol. The number of esters is 1. The fourth-order valence-electron chi connectivity index (χ4n) is 4.51. The number of hydrogen-bond acceptors (Lipinski definition) is 8. The monoisotopic (exact) mass is 628 g/mol. The molecule has 0 aliphatic heterocycles. The molecule has 3 aromatic carbocycles. The van der Waals surface area contributed by atoms with Crippen molar-refractivity contribution in [1.29, 1.82) is 0 Å². The Balaban J connectivity index is 1.65. The fraction of sp³-hybridized carbons (Fsp3) is 0.297. The third kappa shape index (κ3) is 9.74. The Kier molecular flexibility index (Phi) is 12.2. The van der Waals surface area contributed by atoms with Gasteiger partial charge in [0.1, 0.15) is 30.8 Å². The highest BCUT2D eigenvalue weighted by Crippen LogP contribution is 2.33. The summed E-state index contributed by atoms with van der Waals surface area (Å²) in [5.41, 5.74) is 1.98. The van der Waals surface area contributed by atoms with Crippen LogP contribution in [0.25, 0.3) is 0 Å². The average Bonchev–Trinajstić information content (AvgIpc) is 3.02. The number of aromatic carboxylic acids is 1. The number of carbonyl (C=O) groups is 4. The van der Waals surface area contributed by atoms with Crippen LogP contribution in [0.3, 0.4) is 0 Å². The molecule has 46 heavy (non-hydrogen) atoms. The van der Waals surface area contributed by atoms with Gasteiger partial charge in [0.05, 0.1) is 23.7 Å². The molecule has 242 valence electrons. The zero-order valence-corrected chi connectivity index (χ0v) is 26.6. The second kappa shape index (κ2) is 15.8. The summed E-state index contributed by atoms with van der Waals surface area (Å²) in [7, 11) is 0. The number of aliphatic hydroxyl groups excluding tert-OH is 1. The van der Waals surface area contributed by atoms with E-state index < -0.39 is 29.6 Å². The molecule has 0 aliphatic carbocycles. The zero-order chi connectivity index (χ0) is 34.0. The zero-order valence-electron chi connectivity index (χ0n) is 26.6. The molecule has 2 N–H and O–H groups in total. The van der Waals surface area contributed by atoms with Crippen LogP contribution in [0.4, 0.5) is 0 Å². The van der Waals surface area contributed by atoms with E-state index in [0.717, 1.165) is 11.1 Å². The molecule has 9 heteroatoms. The first-order chi connectivity index (χ1) is 21.7. The molecule has 0 saturated heterocycles. The maximum atomic E-state index is 12.9. The van der Waals surface area contributed by atoms with Gasteiger partial charge < -0.3 is 24.4 Å². The van der Waals surface area contributed by atoms with Gasteiger partial charge in [-0.15, -0.1) is 0 Å². The van der Waals surface area contributed by atoms with E-state index in [2.05, 4.69) is 27.0 Å². The number of carboxylic acid groups (broad SMARTS) is 1. The average molecular weight is 629 g/mol. The molecule has 3 aromatic rings. The Morgan fingerprint density at radius 1 is 0.717 bits per heavy atom. The number of benzene rings is 3. The van der Waals surface area contributed by atoms with Crippen LogP contribution in [0.1, 0.15) is 72.4 Å². The molecule has 2 atom stereocenters. The minimum Gasteiger partial charge on any atom is -0.491 e. The molecular formula is C37H40O9. The number of carboxylic acids is 1. The van der Waals surface area contributed by atoms with Crippen molar-refractivity contribution in [3.8, 4) is 11.5 Å². The van der Waals surface area contributed by atoms with Gasteiger partial charge in [-0.2, -0.15) is 0 Å². The molecule has 0 aromatic heterocycles. The van der Waals surface area contributed by atoms with Gasteiger partial charge in [0.25, 0.3) is 0 Å². The highest BCUT2D eigenvalue weighted by molar-refractivity contribution is 6.02. The summed E-state index contributed by atoms with van der Waals surface area (Å²) >= 11 is 0. The predicted molar refractivity (Wildman–Crippen MR) is 173 cm³/mol. The van der Waals surface area contributed by atoms with Crippen molar-refractivity contribution >= 4 is 23.5 Å². The first-order valence-electron chi connectivity index (χ1n) is 14.7. The van der Waals surface area contributed by atoms with Crippen LogP contribution in [-0.4, -0.2) is 59.1 Å². The second-order valence-electron chi connectivity index (χ2n) is 11.6. The van der Waals surface area contributed by atoms with Crippen LogP contribution in [0.15, 0.2) is 97.1 Å². The SMILES string of the molecule is C=C(C)C(=O)CC(O)COc1ccc(C(C)(C)c2ccc(OCC(CC(=O)C(=C)C)OC(=O)c3ccccc3C(=O)O)cc2)cc1. The number of rotatable bonds is 17. The van der Waals surface area contributed by atoms with E-state index in [1.54, 1.807) is 26.0 Å². The molecule has 0 bridgehead atoms. The normalized spacial score (nSPS) is 12.4. The van der Waals surface area contributed by atoms with Gasteiger partial charge in [-0.1, -0.05) is 63.4 Å². The Labute approximate surface area is 269 Å². The summed E-state index contributed by atoms with van der Waals surface area (Å²) in [6.45, 7) is 14.4. The van der Waals surface area contributed by atoms with Crippen LogP contribution in [0.5, 0.6) is 11.5 Å². The number of ketones is 2. The molecule has 0 amide bonds. The van der Waals surface area contributed by atoms with E-state index in [4.69, 9.17) is 14.2 Å². The number of Topliss-reactive ketones (excluding diaryl/α,β-unsaturated/α-hetero) is 2. The van der Waals surface area contributed by atoms with Crippen LogP contribution in [0.2, 0.25) is 0 Å². The minimum absolute atomic E-state index is 0.0136. The van der Waals surface area contributed by atoms with Crippen molar-refractivity contribution in [3.63, 3.8) is 0 Å². The van der Waals surface area contributed by atoms with E-state index in [-0.39, 0.29) is 48.7 Å². The van der Waals surface area contributed by atoms with E-state index in [9.17, 15) is 29.4 Å². The van der Waals surface area contributed by atoms with Crippen LogP contribution in [0, 0.1) is 0 Å². The molecule has 0 spiro atoms. The van der Waals surface area contributed by atoms with Gasteiger partial charge in [-0.05, 0) is 72.5 Å². The van der Waals surface area contributed by atoms with Crippen molar-refractivity contribution in [2.45, 2.75) is 58.2 Å². The first-order valence-corrected chi connectivity index (χ1v) is 14.7. The smallest absolute Gasteiger partial charge is 0.339 e. The van der Waals surface area contributed by atoms with Crippen LogP contribution < -0.4 is 9.47 Å². The molecule has 3 rings (SSSR count). The van der Waals surface area contributed by atoms with Gasteiger partial charge in [0.15, 0.2) is 11.6 Å². The highest BCUT2D eigenvalue weighted by atomic mass is 16.6. The van der Waals surface area contributed by atoms with E-state index >= 15 is 0 Å². The largest absolute Gasteiger partial charge is 0.491 e. The van der Waals surface area contributed by atoms with Crippen LogP contribution in [-0.2, 0) is 19.7 Å². The van der Waals surface area contributed by atoms with Crippen molar-refractivity contribution in [2.75, 3.05) is 13.2 Å². The molecule has 0 aliphatic rings. The number of ether oxygens (including phenoxy) is 3. The summed E-state index contributed by atoms with van der Waals surface area (Å²) in [5.74, 6) is -1.60. The molecule has 2 unspecified atom stereocenters. The van der Waals surface area contributed by atoms with Gasteiger partial charge >= 0.3 is 11.9 Å². The van der Waals surface area contributed by atoms with E-state index in [0.29, 0.717) is 22.6 Å². The Hall–Kier alpha value is -5.02. The Morgan fingerprint density at radius 3 is 1.65 bits per heavy atom. The number of aliphatic hydroxyl groups is 1. The van der Waals surface area contributed by atoms with E-state index in [1.807, 2.05) is 36.4 Å². The summed E-state index contributed by atoms with van der Waals surface area (Å²) in [6.07, 6.45) is -2.13. The van der Waals surface area contributed by atoms with Gasteiger partial charge in [-0.3, -0.25) is 9.59 Å². The van der Waals surface area contributed by atoms with Gasteiger partial charge in [0, 0.05) is 11.8 Å². The lowest BCUT2D eigenvalue weighted by Crippen LogP contribution is -2.29. The lowest BCUT2D eigenvalue weighted by molar-refractivity contribution is -0.118. The molecule has 9 nitrogen and oxygen atoms in total. The molecule has 0 heterocycles. The topological polar surface area (TPSA) is 136 Å². The van der Waals surface area contributed by atoms with Crippen molar-refractivity contribution < 1.29 is 43.6 Å². The summed E-state index contributed by atoms with van der Waals surface area (Å²) in [6, 6.07) is 20.6. The quantitative estimate of drug-likeness (QED) is 0.134. The predicted octanol–water partition coefficient (Wildman–Crippen LogP) is 6.13. The van der Waals surface area contributed by atoms with Gasteiger partial charge in [0.2, 0.25) is 0 Å². The Bertz CT molecular complexity index is 1580. The maximum Gasteiger partial charge on any atom is 0.339 e. The fourth-order valence-corrected chi connectivity index (χ4v) is 4.51. The second-order valence-corrected chi connectivity index (χ2v) is 11.6. The third-order valence-electron chi connectivity index (χ3n) is 7.47. The highest BCUT2D eigenvalue weighted by Gasteiger charge is 2.25. The molecule has 0 saturated carbocycles. The Morgan fingerprint density at radius 2 is 1.17 bits per heavy atom. The van der Waals surface area contributed by atoms with Gasteiger partial charge in [-0.25, -0.2) is 9.59 Å². The first kappa shape index (κ1) is 35.5. The number of allylic oxidation sites excluding steroid dienone is 2. The van der Waals surface area contributed by atoms with Crippen molar-refractivity contribution in [1.82, 2.24) is 0 Å². The molecule has 0 radical (unpaired) electrons. The van der Waals surface area contributed by atoms with Crippen LogP contribution >= 0.6 is 0 Å². The lowest BCUT2D eigenvalue weighted by atomic mass is 9.78. The lowest BCUT2D eigenvalue weighted by Gasteiger charge is -2.27. The van der Waals surface area contributed by atoms with Crippen molar-refractivity contribution in [3.05, 3.63) is 119 Å². The number of carbonyl (C=O) groups excluding carboxylic acids is 3. The van der Waals surface area contributed by atoms with Crippen molar-refractivity contribution in [2.24, 2.45) is 0 Å². The number of hydrogen-bond donors (Lipinski definition) is 2. The maximum absolute atomic E-state index is 12.9. The summed E-state index contributed by atoms with van der Waals surface area (Å²) in [4.78, 5) is 48.6. The standard InChI is InChI=1S/C37H40O9/c1-23(2)33(39)19-27(38)21-44-28-15-11-25(12-16-28)37(5,6)26-13-17-29(18-14-26)45-22-30(20-34(40)24(3)4)46-36(43)32-10-8-7-9-31(32)35(41)42/h7-18,27,30,38H,1,3,19-22H2,2,4-6H3,(H,41,42).